The van der Waals surface area contributed by atoms with Gasteiger partial charge in [0.15, 0.2) is 11.5 Å². The van der Waals surface area contributed by atoms with Crippen LogP contribution in [0, 0.1) is 13.8 Å². The SMILES string of the molecule is Cc1n[nH]c(C)c1CCN(C)C(=O)[C@@H](c1ccc2c(c1)OCO2)N(C)C. The Morgan fingerprint density at radius 3 is 2.62 bits per heavy atom. The van der Waals surface area contributed by atoms with Crippen molar-refractivity contribution >= 4 is 5.91 Å². The van der Waals surface area contributed by atoms with Gasteiger partial charge in [0.05, 0.1) is 5.69 Å². The molecule has 7 nitrogen and oxygen atoms in total. The minimum atomic E-state index is -0.374. The molecule has 2 heterocycles. The first-order valence-corrected chi connectivity index (χ1v) is 8.70. The number of likely N-dealkylation sites (N-methyl/N-ethyl adjacent to an activating group) is 2. The second kappa shape index (κ2) is 7.37. The van der Waals surface area contributed by atoms with E-state index in [1.165, 1.54) is 5.56 Å². The molecule has 0 unspecified atom stereocenters. The number of H-pyrrole nitrogens is 1. The van der Waals surface area contributed by atoms with Crippen LogP contribution in [0.25, 0.3) is 0 Å². The van der Waals surface area contributed by atoms with Gasteiger partial charge in [0, 0.05) is 19.3 Å². The molecule has 1 aliphatic heterocycles. The molecule has 0 spiro atoms. The third-order valence-corrected chi connectivity index (χ3v) is 4.82. The van der Waals surface area contributed by atoms with Crippen molar-refractivity contribution in [3.05, 3.63) is 40.7 Å². The van der Waals surface area contributed by atoms with Crippen molar-refractivity contribution in [2.45, 2.75) is 26.3 Å². The largest absolute Gasteiger partial charge is 0.454 e. The zero-order valence-corrected chi connectivity index (χ0v) is 16.0. The van der Waals surface area contributed by atoms with E-state index in [1.807, 2.05) is 58.1 Å². The second-order valence-electron chi connectivity index (χ2n) is 6.90. The highest BCUT2D eigenvalue weighted by Crippen LogP contribution is 2.35. The first-order chi connectivity index (χ1) is 12.4. The van der Waals surface area contributed by atoms with Gasteiger partial charge >= 0.3 is 0 Å². The molecule has 1 N–H and O–H groups in total. The van der Waals surface area contributed by atoms with Crippen LogP contribution in [-0.2, 0) is 11.2 Å². The Kier molecular flexibility index (Phi) is 5.18. The van der Waals surface area contributed by atoms with Crippen LogP contribution in [-0.4, -0.2) is 60.4 Å². The lowest BCUT2D eigenvalue weighted by Gasteiger charge is -2.29. The Labute approximate surface area is 153 Å². The molecule has 0 saturated carbocycles. The zero-order chi connectivity index (χ0) is 18.8. The molecule has 0 fully saturated rings. The van der Waals surface area contributed by atoms with Crippen LogP contribution in [0.4, 0.5) is 0 Å². The number of rotatable bonds is 6. The zero-order valence-electron chi connectivity index (χ0n) is 16.0. The molecule has 1 atom stereocenters. The number of aromatic nitrogens is 2. The number of amides is 1. The van der Waals surface area contributed by atoms with Gasteiger partial charge in [-0.3, -0.25) is 14.8 Å². The summed E-state index contributed by atoms with van der Waals surface area (Å²) in [6.07, 6.45) is 0.775. The van der Waals surface area contributed by atoms with Gasteiger partial charge in [0.1, 0.15) is 6.04 Å². The molecule has 26 heavy (non-hydrogen) atoms. The van der Waals surface area contributed by atoms with Gasteiger partial charge in [-0.15, -0.1) is 0 Å². The standard InChI is InChI=1S/C19H26N4O3/c1-12-15(13(2)21-20-12)8-9-23(5)19(24)18(22(3)4)14-6-7-16-17(10-14)26-11-25-16/h6-7,10,18H,8-9,11H2,1-5H3,(H,20,21)/t18-/m1/s1. The molecule has 3 rings (SSSR count). The maximum Gasteiger partial charge on any atom is 0.244 e. The Morgan fingerprint density at radius 1 is 1.23 bits per heavy atom. The van der Waals surface area contributed by atoms with Crippen molar-refractivity contribution < 1.29 is 14.3 Å². The fraction of sp³-hybridized carbons (Fsp3) is 0.474. The predicted molar refractivity (Wildman–Crippen MR) is 98.4 cm³/mol. The van der Waals surface area contributed by atoms with Crippen molar-refractivity contribution in [3.63, 3.8) is 0 Å². The van der Waals surface area contributed by atoms with Crippen LogP contribution in [0.15, 0.2) is 18.2 Å². The van der Waals surface area contributed by atoms with Gasteiger partial charge in [0.25, 0.3) is 0 Å². The lowest BCUT2D eigenvalue weighted by molar-refractivity contribution is -0.135. The van der Waals surface area contributed by atoms with Gasteiger partial charge in [0.2, 0.25) is 12.7 Å². The van der Waals surface area contributed by atoms with Gasteiger partial charge in [-0.25, -0.2) is 0 Å². The molecule has 1 aromatic carbocycles. The van der Waals surface area contributed by atoms with Crippen LogP contribution in [0.2, 0.25) is 0 Å². The number of hydrogen-bond acceptors (Lipinski definition) is 5. The number of nitrogens with zero attached hydrogens (tertiary/aromatic N) is 3. The summed E-state index contributed by atoms with van der Waals surface area (Å²) in [7, 11) is 5.66. The van der Waals surface area contributed by atoms with Crippen LogP contribution < -0.4 is 9.47 Å². The molecule has 1 aliphatic rings. The second-order valence-corrected chi connectivity index (χ2v) is 6.90. The molecule has 140 valence electrons. The van der Waals surface area contributed by atoms with Crippen molar-refractivity contribution in [2.24, 2.45) is 0 Å². The molecular formula is C19H26N4O3. The van der Waals surface area contributed by atoms with Crippen molar-refractivity contribution in [1.82, 2.24) is 20.0 Å². The van der Waals surface area contributed by atoms with Crippen molar-refractivity contribution in [1.29, 1.82) is 0 Å². The molecule has 0 bridgehead atoms. The average Bonchev–Trinajstić information content (AvgIpc) is 3.19. The van der Waals surface area contributed by atoms with E-state index in [-0.39, 0.29) is 18.7 Å². The molecule has 2 aromatic rings. The minimum absolute atomic E-state index is 0.0488. The minimum Gasteiger partial charge on any atom is -0.454 e. The summed E-state index contributed by atoms with van der Waals surface area (Å²) >= 11 is 0. The quantitative estimate of drug-likeness (QED) is 0.856. The number of ether oxygens (including phenoxy) is 2. The fourth-order valence-electron chi connectivity index (χ4n) is 3.29. The number of carbonyl (C=O) groups is 1. The van der Waals surface area contributed by atoms with Gasteiger partial charge in [-0.05, 0) is 57.6 Å². The van der Waals surface area contributed by atoms with Gasteiger partial charge in [-0.1, -0.05) is 6.07 Å². The number of aryl methyl sites for hydroxylation is 2. The highest BCUT2D eigenvalue weighted by Gasteiger charge is 2.28. The molecular weight excluding hydrogens is 332 g/mol. The van der Waals surface area contributed by atoms with Crippen LogP contribution in [0.1, 0.15) is 28.6 Å². The van der Waals surface area contributed by atoms with E-state index in [4.69, 9.17) is 9.47 Å². The van der Waals surface area contributed by atoms with E-state index in [2.05, 4.69) is 10.2 Å². The normalized spacial score (nSPS) is 13.9. The van der Waals surface area contributed by atoms with E-state index < -0.39 is 0 Å². The maximum absolute atomic E-state index is 13.1. The Hall–Kier alpha value is -2.54. The number of hydrogen-bond donors (Lipinski definition) is 1. The molecule has 0 radical (unpaired) electrons. The smallest absolute Gasteiger partial charge is 0.244 e. The molecule has 0 aliphatic carbocycles. The monoisotopic (exact) mass is 358 g/mol. The molecule has 7 heteroatoms. The van der Waals surface area contributed by atoms with E-state index in [0.717, 1.165) is 29.1 Å². The van der Waals surface area contributed by atoms with E-state index >= 15 is 0 Å². The summed E-state index contributed by atoms with van der Waals surface area (Å²) in [5.74, 6) is 1.46. The topological polar surface area (TPSA) is 70.7 Å². The number of fused-ring (bicyclic) bond motifs is 1. The van der Waals surface area contributed by atoms with E-state index in [9.17, 15) is 4.79 Å². The molecule has 1 amide bonds. The summed E-state index contributed by atoms with van der Waals surface area (Å²) in [6.45, 7) is 4.85. The lowest BCUT2D eigenvalue weighted by atomic mass is 10.0. The lowest BCUT2D eigenvalue weighted by Crippen LogP contribution is -2.39. The molecule has 1 aromatic heterocycles. The summed E-state index contributed by atoms with van der Waals surface area (Å²) in [4.78, 5) is 16.8. The number of carbonyl (C=O) groups excluding carboxylic acids is 1. The average molecular weight is 358 g/mol. The summed E-state index contributed by atoms with van der Waals surface area (Å²) in [5.41, 5.74) is 4.12. The number of aromatic amines is 1. The van der Waals surface area contributed by atoms with E-state index in [0.29, 0.717) is 12.3 Å². The third-order valence-electron chi connectivity index (χ3n) is 4.82. The van der Waals surface area contributed by atoms with Crippen LogP contribution >= 0.6 is 0 Å². The highest BCUT2D eigenvalue weighted by molar-refractivity contribution is 5.83. The van der Waals surface area contributed by atoms with Crippen molar-refractivity contribution in [2.75, 3.05) is 34.5 Å². The predicted octanol–water partition coefficient (Wildman–Crippen LogP) is 2.06. The van der Waals surface area contributed by atoms with Crippen LogP contribution in [0.5, 0.6) is 11.5 Å². The van der Waals surface area contributed by atoms with Gasteiger partial charge < -0.3 is 14.4 Å². The summed E-state index contributed by atoms with van der Waals surface area (Å²) < 4.78 is 10.8. The number of benzene rings is 1. The third kappa shape index (κ3) is 3.53. The summed E-state index contributed by atoms with van der Waals surface area (Å²) in [6, 6.07) is 5.30. The van der Waals surface area contributed by atoms with Gasteiger partial charge in [-0.2, -0.15) is 5.10 Å². The molecule has 0 saturated heterocycles. The van der Waals surface area contributed by atoms with E-state index in [1.54, 1.807) is 4.90 Å². The summed E-state index contributed by atoms with van der Waals surface area (Å²) in [5, 5.41) is 7.21. The Morgan fingerprint density at radius 2 is 1.96 bits per heavy atom. The maximum atomic E-state index is 13.1. The first kappa shape index (κ1) is 18.3. The highest BCUT2D eigenvalue weighted by atomic mass is 16.7. The Bertz CT molecular complexity index is 781. The first-order valence-electron chi connectivity index (χ1n) is 8.70. The van der Waals surface area contributed by atoms with Crippen LogP contribution in [0.3, 0.4) is 0 Å². The Balaban J connectivity index is 1.74. The van der Waals surface area contributed by atoms with Crippen molar-refractivity contribution in [3.8, 4) is 11.5 Å². The number of nitrogens with one attached hydrogen (secondary N) is 1. The fourth-order valence-corrected chi connectivity index (χ4v) is 3.29.